The summed E-state index contributed by atoms with van der Waals surface area (Å²) in [5.41, 5.74) is 8.65. The molecule has 7 heteroatoms. The Kier molecular flexibility index (Phi) is 4.22. The molecule has 120 valence electrons. The molecule has 0 spiro atoms. The molecule has 1 aliphatic heterocycles. The Bertz CT molecular complexity index is 785. The summed E-state index contributed by atoms with van der Waals surface area (Å²) in [6.45, 7) is 2.04. The fourth-order valence-electron chi connectivity index (χ4n) is 2.49. The van der Waals surface area contributed by atoms with Gasteiger partial charge in [-0.05, 0) is 36.3 Å². The summed E-state index contributed by atoms with van der Waals surface area (Å²) in [4.78, 5) is 12.7. The Labute approximate surface area is 133 Å². The quantitative estimate of drug-likeness (QED) is 0.650. The van der Waals surface area contributed by atoms with Crippen LogP contribution in [0.4, 0.5) is 11.8 Å². The van der Waals surface area contributed by atoms with E-state index in [2.05, 4.69) is 20.3 Å². The number of rotatable bonds is 5. The molecule has 0 radical (unpaired) electrons. The van der Waals surface area contributed by atoms with Crippen LogP contribution in [0.2, 0.25) is 0 Å². The molecule has 0 saturated heterocycles. The predicted octanol–water partition coefficient (Wildman–Crippen LogP) is 0.833. The van der Waals surface area contributed by atoms with E-state index in [1.807, 2.05) is 24.3 Å². The molecule has 7 nitrogen and oxygen atoms in total. The van der Waals surface area contributed by atoms with E-state index in [1.165, 1.54) is 0 Å². The molecule has 2 atom stereocenters. The van der Waals surface area contributed by atoms with Crippen molar-refractivity contribution in [2.45, 2.75) is 19.1 Å². The fraction of sp³-hybridized carbons (Fsp3) is 0.312. The number of nitrogens with one attached hydrogen (secondary N) is 1. The van der Waals surface area contributed by atoms with Gasteiger partial charge < -0.3 is 21.3 Å². The summed E-state index contributed by atoms with van der Waals surface area (Å²) in [5.74, 6) is 0.631. The van der Waals surface area contributed by atoms with Crippen LogP contribution in [0, 0.1) is 0 Å². The first-order valence-corrected chi connectivity index (χ1v) is 7.40. The van der Waals surface area contributed by atoms with E-state index in [4.69, 9.17) is 5.73 Å². The summed E-state index contributed by atoms with van der Waals surface area (Å²) in [6.07, 6.45) is 3.03. The first-order chi connectivity index (χ1) is 11.1. The Morgan fingerprint density at radius 1 is 1.35 bits per heavy atom. The lowest BCUT2D eigenvalue weighted by Gasteiger charge is -2.20. The molecule has 1 aliphatic rings. The summed E-state index contributed by atoms with van der Waals surface area (Å²) in [7, 11) is 0. The minimum Gasteiger partial charge on any atom is -0.394 e. The van der Waals surface area contributed by atoms with Crippen molar-refractivity contribution in [2.75, 3.05) is 24.2 Å². The van der Waals surface area contributed by atoms with Crippen molar-refractivity contribution in [3.05, 3.63) is 29.8 Å². The number of nitrogen functional groups attached to an aromatic ring is 1. The average molecular weight is 313 g/mol. The minimum absolute atomic E-state index is 0.135. The Balaban J connectivity index is 2.02. The number of aliphatic hydroxyl groups excluding tert-OH is 2. The van der Waals surface area contributed by atoms with Crippen molar-refractivity contribution in [3.8, 4) is 0 Å². The van der Waals surface area contributed by atoms with Crippen molar-refractivity contribution in [2.24, 2.45) is 4.99 Å². The topological polar surface area (TPSA) is 117 Å². The molecule has 5 N–H and O–H groups in total. The summed E-state index contributed by atoms with van der Waals surface area (Å²) < 4.78 is 0. The summed E-state index contributed by atoms with van der Waals surface area (Å²) in [5, 5.41) is 22.9. The molecule has 0 aliphatic carbocycles. The zero-order chi connectivity index (χ0) is 16.4. The molecule has 0 bridgehead atoms. The van der Waals surface area contributed by atoms with Crippen LogP contribution in [0.5, 0.6) is 0 Å². The number of benzene rings is 1. The van der Waals surface area contributed by atoms with Crippen molar-refractivity contribution in [1.29, 1.82) is 0 Å². The second kappa shape index (κ2) is 6.31. The normalized spacial score (nSPS) is 16.4. The van der Waals surface area contributed by atoms with Gasteiger partial charge in [0.1, 0.15) is 5.82 Å². The van der Waals surface area contributed by atoms with Crippen LogP contribution in [-0.4, -0.2) is 51.7 Å². The van der Waals surface area contributed by atoms with Crippen molar-refractivity contribution in [1.82, 2.24) is 9.97 Å². The average Bonchev–Trinajstić information content (AvgIpc) is 3.05. The van der Waals surface area contributed by atoms with Crippen molar-refractivity contribution in [3.63, 3.8) is 0 Å². The van der Waals surface area contributed by atoms with Crippen LogP contribution in [0.1, 0.15) is 12.5 Å². The second-order valence-corrected chi connectivity index (χ2v) is 5.52. The van der Waals surface area contributed by atoms with Crippen LogP contribution >= 0.6 is 0 Å². The second-order valence-electron chi connectivity index (χ2n) is 5.52. The molecule has 0 fully saturated rings. The lowest BCUT2D eigenvalue weighted by molar-refractivity contribution is 0.132. The van der Waals surface area contributed by atoms with Gasteiger partial charge in [-0.25, -0.2) is 4.98 Å². The Morgan fingerprint density at radius 3 is 2.83 bits per heavy atom. The van der Waals surface area contributed by atoms with E-state index in [1.54, 1.807) is 13.1 Å². The highest BCUT2D eigenvalue weighted by Crippen LogP contribution is 2.26. The van der Waals surface area contributed by atoms with Gasteiger partial charge in [-0.3, -0.25) is 4.99 Å². The number of hydrogen-bond donors (Lipinski definition) is 4. The van der Waals surface area contributed by atoms with E-state index in [0.717, 1.165) is 16.5 Å². The minimum atomic E-state index is -0.730. The standard InChI is InChI=1S/C16H19N5O2/c1-9(23)14(8-22)19-15-12-3-2-10(11-4-5-18-7-11)6-13(12)20-16(17)21-15/h2-6,9,14,22-23H,7-8H2,1H3,(H3,17,19,20,21)/t9-,14-/m1/s1. The number of fused-ring (bicyclic) bond motifs is 1. The number of aromatic nitrogens is 2. The van der Waals surface area contributed by atoms with E-state index in [9.17, 15) is 10.2 Å². The largest absolute Gasteiger partial charge is 0.394 e. The Hall–Kier alpha value is -2.51. The number of nitrogens with zero attached hydrogens (tertiary/aromatic N) is 3. The van der Waals surface area contributed by atoms with Crippen LogP contribution in [0.25, 0.3) is 16.5 Å². The molecular weight excluding hydrogens is 294 g/mol. The van der Waals surface area contributed by atoms with E-state index >= 15 is 0 Å². The zero-order valence-corrected chi connectivity index (χ0v) is 12.8. The van der Waals surface area contributed by atoms with E-state index in [0.29, 0.717) is 17.9 Å². The molecule has 0 amide bonds. The van der Waals surface area contributed by atoms with Gasteiger partial charge in [-0.15, -0.1) is 0 Å². The third kappa shape index (κ3) is 3.15. The number of allylic oxidation sites excluding steroid dienone is 1. The molecule has 2 aromatic rings. The number of nitrogens with two attached hydrogens (primary N) is 1. The monoisotopic (exact) mass is 313 g/mol. The molecule has 0 saturated carbocycles. The molecule has 2 heterocycles. The maximum atomic E-state index is 9.68. The molecule has 0 unspecified atom stereocenters. The highest BCUT2D eigenvalue weighted by Gasteiger charge is 2.17. The van der Waals surface area contributed by atoms with Gasteiger partial charge >= 0.3 is 0 Å². The van der Waals surface area contributed by atoms with E-state index < -0.39 is 12.1 Å². The first kappa shape index (κ1) is 15.4. The van der Waals surface area contributed by atoms with Crippen LogP contribution in [-0.2, 0) is 0 Å². The smallest absolute Gasteiger partial charge is 0.222 e. The fourth-order valence-corrected chi connectivity index (χ4v) is 2.49. The van der Waals surface area contributed by atoms with Gasteiger partial charge in [0.05, 0.1) is 30.8 Å². The summed E-state index contributed by atoms with van der Waals surface area (Å²) >= 11 is 0. The van der Waals surface area contributed by atoms with Crippen molar-refractivity contribution >= 4 is 34.5 Å². The third-order valence-corrected chi connectivity index (χ3v) is 3.83. The molecule has 1 aromatic heterocycles. The van der Waals surface area contributed by atoms with Gasteiger partial charge in [0.2, 0.25) is 5.95 Å². The van der Waals surface area contributed by atoms with Crippen LogP contribution in [0.3, 0.4) is 0 Å². The highest BCUT2D eigenvalue weighted by molar-refractivity contribution is 5.95. The Morgan fingerprint density at radius 2 is 2.17 bits per heavy atom. The molecular formula is C16H19N5O2. The number of hydrogen-bond acceptors (Lipinski definition) is 7. The van der Waals surface area contributed by atoms with Gasteiger partial charge in [0, 0.05) is 11.6 Å². The van der Waals surface area contributed by atoms with Gasteiger partial charge in [0.25, 0.3) is 0 Å². The number of anilines is 2. The SMILES string of the molecule is C[C@@H](O)[C@@H](CO)Nc1nc(N)nc2cc(C3=CC=NC3)ccc12. The summed E-state index contributed by atoms with van der Waals surface area (Å²) in [6, 6.07) is 5.29. The van der Waals surface area contributed by atoms with Crippen LogP contribution in [0.15, 0.2) is 29.3 Å². The van der Waals surface area contributed by atoms with Crippen molar-refractivity contribution < 1.29 is 10.2 Å². The highest BCUT2D eigenvalue weighted by atomic mass is 16.3. The lowest BCUT2D eigenvalue weighted by atomic mass is 10.0. The molecule has 3 rings (SSSR count). The molecule has 1 aromatic carbocycles. The number of aliphatic hydroxyl groups is 2. The van der Waals surface area contributed by atoms with Gasteiger partial charge in [-0.1, -0.05) is 6.07 Å². The van der Waals surface area contributed by atoms with E-state index in [-0.39, 0.29) is 12.6 Å². The first-order valence-electron chi connectivity index (χ1n) is 7.40. The third-order valence-electron chi connectivity index (χ3n) is 3.83. The number of aliphatic imine (C=N–C) groups is 1. The maximum Gasteiger partial charge on any atom is 0.222 e. The lowest BCUT2D eigenvalue weighted by Crippen LogP contribution is -2.35. The predicted molar refractivity (Wildman–Crippen MR) is 91.5 cm³/mol. The van der Waals surface area contributed by atoms with Gasteiger partial charge in [0.15, 0.2) is 0 Å². The maximum absolute atomic E-state index is 9.68. The zero-order valence-electron chi connectivity index (χ0n) is 12.8. The van der Waals surface area contributed by atoms with Gasteiger partial charge in [-0.2, -0.15) is 4.98 Å². The van der Waals surface area contributed by atoms with Crippen LogP contribution < -0.4 is 11.1 Å². The molecule has 23 heavy (non-hydrogen) atoms.